The van der Waals surface area contributed by atoms with Crippen LogP contribution in [-0.4, -0.2) is 17.8 Å². The van der Waals surface area contributed by atoms with Gasteiger partial charge in [-0.3, -0.25) is 0 Å². The first-order valence-electron chi connectivity index (χ1n) is 3.94. The summed E-state index contributed by atoms with van der Waals surface area (Å²) in [5.41, 5.74) is 5.83. The lowest BCUT2D eigenvalue weighted by Gasteiger charge is -2.29. The van der Waals surface area contributed by atoms with Gasteiger partial charge in [0.2, 0.25) is 0 Å². The molecule has 0 aromatic rings. The van der Waals surface area contributed by atoms with E-state index in [-0.39, 0.29) is 18.1 Å². The van der Waals surface area contributed by atoms with E-state index in [2.05, 4.69) is 0 Å². The molecular formula is C8H17NO. The molecular weight excluding hydrogens is 126 g/mol. The third-order valence-corrected chi connectivity index (χ3v) is 2.44. The number of aliphatic hydroxyl groups excluding tert-OH is 1. The zero-order valence-corrected chi connectivity index (χ0v) is 6.80. The lowest BCUT2D eigenvalue weighted by molar-refractivity contribution is 0.123. The van der Waals surface area contributed by atoms with E-state index in [0.29, 0.717) is 5.92 Å². The zero-order chi connectivity index (χ0) is 7.78. The van der Waals surface area contributed by atoms with E-state index < -0.39 is 0 Å². The predicted molar refractivity (Wildman–Crippen MR) is 41.6 cm³/mol. The van der Waals surface area contributed by atoms with Crippen molar-refractivity contribution in [3.63, 3.8) is 0 Å². The predicted octanol–water partition coefficient (Wildman–Crippen LogP) is 0.742. The highest BCUT2D eigenvalue weighted by molar-refractivity contribution is 4.92. The van der Waals surface area contributed by atoms with Gasteiger partial charge in [-0.2, -0.15) is 0 Å². The topological polar surface area (TPSA) is 46.2 Å². The highest BCUT2D eigenvalue weighted by atomic mass is 16.3. The van der Waals surface area contributed by atoms with Crippen LogP contribution in [0.15, 0.2) is 0 Å². The molecule has 0 aromatic heterocycles. The van der Waals surface area contributed by atoms with Crippen LogP contribution in [0, 0.1) is 11.3 Å². The molecule has 2 heteroatoms. The Hall–Kier alpha value is -0.0800. The van der Waals surface area contributed by atoms with Crippen molar-refractivity contribution in [1.29, 1.82) is 0 Å². The molecule has 1 rings (SSSR count). The van der Waals surface area contributed by atoms with Gasteiger partial charge in [0.25, 0.3) is 0 Å². The highest BCUT2D eigenvalue weighted by Crippen LogP contribution is 2.38. The summed E-state index contributed by atoms with van der Waals surface area (Å²) >= 11 is 0. The van der Waals surface area contributed by atoms with E-state index >= 15 is 0 Å². The third-order valence-electron chi connectivity index (χ3n) is 2.44. The minimum absolute atomic E-state index is 0.0822. The van der Waals surface area contributed by atoms with E-state index in [1.807, 2.05) is 13.8 Å². The first kappa shape index (κ1) is 8.02. The maximum absolute atomic E-state index is 8.96. The van der Waals surface area contributed by atoms with Crippen LogP contribution in [0.4, 0.5) is 0 Å². The van der Waals surface area contributed by atoms with Gasteiger partial charge in [0.15, 0.2) is 0 Å². The minimum Gasteiger partial charge on any atom is -0.396 e. The molecule has 0 aliphatic heterocycles. The van der Waals surface area contributed by atoms with Gasteiger partial charge in [-0.25, -0.2) is 0 Å². The maximum Gasteiger partial charge on any atom is 0.0497 e. The van der Waals surface area contributed by atoms with Gasteiger partial charge in [-0.05, 0) is 18.8 Å². The first-order chi connectivity index (χ1) is 4.58. The van der Waals surface area contributed by atoms with Crippen LogP contribution in [0.1, 0.15) is 26.7 Å². The van der Waals surface area contributed by atoms with E-state index in [1.165, 1.54) is 12.8 Å². The fourth-order valence-corrected chi connectivity index (χ4v) is 1.20. The van der Waals surface area contributed by atoms with Crippen molar-refractivity contribution in [3.8, 4) is 0 Å². The van der Waals surface area contributed by atoms with Gasteiger partial charge < -0.3 is 10.8 Å². The number of aliphatic hydroxyl groups is 1. The average molecular weight is 143 g/mol. The van der Waals surface area contributed by atoms with Crippen LogP contribution in [0.2, 0.25) is 0 Å². The van der Waals surface area contributed by atoms with Crippen molar-refractivity contribution >= 4 is 0 Å². The quantitative estimate of drug-likeness (QED) is 0.612. The van der Waals surface area contributed by atoms with Crippen LogP contribution in [0.3, 0.4) is 0 Å². The fourth-order valence-electron chi connectivity index (χ4n) is 1.20. The van der Waals surface area contributed by atoms with Crippen molar-refractivity contribution in [3.05, 3.63) is 0 Å². The molecule has 0 aromatic carbocycles. The van der Waals surface area contributed by atoms with Crippen LogP contribution < -0.4 is 5.73 Å². The molecule has 0 unspecified atom stereocenters. The Morgan fingerprint density at radius 3 is 2.40 bits per heavy atom. The van der Waals surface area contributed by atoms with Gasteiger partial charge in [0, 0.05) is 18.1 Å². The summed E-state index contributed by atoms with van der Waals surface area (Å²) < 4.78 is 0. The standard InChI is InChI=1S/C8H17NO/c1-8(2,5-10)7(9)6-3-4-6/h6-7,10H,3-5,9H2,1-2H3/t7-/m1/s1. The normalized spacial score (nSPS) is 22.8. The van der Waals surface area contributed by atoms with Gasteiger partial charge in [-0.1, -0.05) is 13.8 Å². The van der Waals surface area contributed by atoms with Crippen molar-refractivity contribution in [1.82, 2.24) is 0 Å². The molecule has 0 amide bonds. The lowest BCUT2D eigenvalue weighted by Crippen LogP contribution is -2.41. The van der Waals surface area contributed by atoms with Crippen LogP contribution >= 0.6 is 0 Å². The first-order valence-corrected chi connectivity index (χ1v) is 3.94. The zero-order valence-electron chi connectivity index (χ0n) is 6.80. The summed E-state index contributed by atoms with van der Waals surface area (Å²) in [4.78, 5) is 0. The van der Waals surface area contributed by atoms with Gasteiger partial charge in [0.05, 0.1) is 0 Å². The second kappa shape index (κ2) is 2.51. The Morgan fingerprint density at radius 2 is 2.10 bits per heavy atom. The smallest absolute Gasteiger partial charge is 0.0497 e. The molecule has 0 bridgehead atoms. The van der Waals surface area contributed by atoms with Gasteiger partial charge in [0.1, 0.15) is 0 Å². The molecule has 2 nitrogen and oxygen atoms in total. The summed E-state index contributed by atoms with van der Waals surface area (Å²) in [5, 5.41) is 8.96. The summed E-state index contributed by atoms with van der Waals surface area (Å²) in [5.74, 6) is 0.683. The Morgan fingerprint density at radius 1 is 1.60 bits per heavy atom. The molecule has 0 radical (unpaired) electrons. The number of hydrogen-bond acceptors (Lipinski definition) is 2. The monoisotopic (exact) mass is 143 g/mol. The molecule has 0 spiro atoms. The second-order valence-electron chi connectivity index (χ2n) is 4.01. The minimum atomic E-state index is -0.0822. The molecule has 10 heavy (non-hydrogen) atoms. The Bertz CT molecular complexity index is 118. The van der Waals surface area contributed by atoms with Crippen LogP contribution in [0.5, 0.6) is 0 Å². The van der Waals surface area contributed by atoms with Crippen molar-refractivity contribution in [2.45, 2.75) is 32.7 Å². The number of nitrogens with two attached hydrogens (primary N) is 1. The second-order valence-corrected chi connectivity index (χ2v) is 4.01. The number of rotatable bonds is 3. The average Bonchev–Trinajstić information content (AvgIpc) is 2.68. The van der Waals surface area contributed by atoms with Crippen LogP contribution in [-0.2, 0) is 0 Å². The summed E-state index contributed by atoms with van der Waals surface area (Å²) in [6.07, 6.45) is 2.51. The van der Waals surface area contributed by atoms with Gasteiger partial charge >= 0.3 is 0 Å². The molecule has 0 heterocycles. The van der Waals surface area contributed by atoms with Crippen molar-refractivity contribution in [2.75, 3.05) is 6.61 Å². The molecule has 1 aliphatic rings. The van der Waals surface area contributed by atoms with Crippen molar-refractivity contribution in [2.24, 2.45) is 17.1 Å². The molecule has 1 fully saturated rings. The Kier molecular flexibility index (Phi) is 2.02. The molecule has 1 saturated carbocycles. The highest BCUT2D eigenvalue weighted by Gasteiger charge is 2.37. The summed E-state index contributed by atoms with van der Waals surface area (Å²) in [6, 6.07) is 0.192. The molecule has 60 valence electrons. The number of hydrogen-bond donors (Lipinski definition) is 2. The molecule has 0 saturated heterocycles. The third kappa shape index (κ3) is 1.50. The van der Waals surface area contributed by atoms with Crippen molar-refractivity contribution < 1.29 is 5.11 Å². The maximum atomic E-state index is 8.96. The Labute approximate surface area is 62.4 Å². The van der Waals surface area contributed by atoms with E-state index in [1.54, 1.807) is 0 Å². The lowest BCUT2D eigenvalue weighted by atomic mass is 9.83. The Balaban J connectivity index is 2.43. The SMILES string of the molecule is CC(C)(CO)[C@H](N)C1CC1. The van der Waals surface area contributed by atoms with E-state index in [9.17, 15) is 0 Å². The molecule has 1 atom stereocenters. The van der Waals surface area contributed by atoms with E-state index in [4.69, 9.17) is 10.8 Å². The summed E-state index contributed by atoms with van der Waals surface area (Å²) in [6.45, 7) is 4.25. The molecule has 1 aliphatic carbocycles. The summed E-state index contributed by atoms with van der Waals surface area (Å²) in [7, 11) is 0. The van der Waals surface area contributed by atoms with E-state index in [0.717, 1.165) is 0 Å². The van der Waals surface area contributed by atoms with Gasteiger partial charge in [-0.15, -0.1) is 0 Å². The molecule has 3 N–H and O–H groups in total. The fraction of sp³-hybridized carbons (Fsp3) is 1.00. The van der Waals surface area contributed by atoms with Crippen LogP contribution in [0.25, 0.3) is 0 Å². The largest absolute Gasteiger partial charge is 0.396 e.